The number of hydrogen-bond acceptors (Lipinski definition) is 2. The summed E-state index contributed by atoms with van der Waals surface area (Å²) >= 11 is 0. The summed E-state index contributed by atoms with van der Waals surface area (Å²) in [6.45, 7) is 9.68. The van der Waals surface area contributed by atoms with Crippen LogP contribution in [0.4, 0.5) is 0 Å². The number of allylic oxidation sites excluding steroid dienone is 2. The molecule has 102 valence electrons. The number of para-hydroxylation sites is 2. The number of imidazole rings is 1. The van der Waals surface area contributed by atoms with E-state index in [-0.39, 0.29) is 0 Å². The molecule has 0 N–H and O–H groups in total. The van der Waals surface area contributed by atoms with E-state index >= 15 is 0 Å². The lowest BCUT2D eigenvalue weighted by molar-refractivity contribution is 1.06. The van der Waals surface area contributed by atoms with Gasteiger partial charge in [-0.1, -0.05) is 44.7 Å². The van der Waals surface area contributed by atoms with Crippen LogP contribution >= 0.6 is 0 Å². The van der Waals surface area contributed by atoms with Gasteiger partial charge in [-0.25, -0.2) is 9.97 Å². The summed E-state index contributed by atoms with van der Waals surface area (Å²) in [6, 6.07) is 8.07. The highest BCUT2D eigenvalue weighted by Crippen LogP contribution is 2.21. The van der Waals surface area contributed by atoms with E-state index in [1.165, 1.54) is 0 Å². The SMILES string of the molecule is C=C/C=C\c1c(C)ncn2c1nc1ccccc12.CC. The Balaban J connectivity index is 0.000000704. The second-order valence-corrected chi connectivity index (χ2v) is 4.13. The number of hydrogen-bond donors (Lipinski definition) is 0. The molecule has 0 unspecified atom stereocenters. The molecule has 0 atom stereocenters. The Labute approximate surface area is 119 Å². The van der Waals surface area contributed by atoms with Crippen LogP contribution in [-0.4, -0.2) is 14.4 Å². The van der Waals surface area contributed by atoms with Crippen LogP contribution in [-0.2, 0) is 0 Å². The number of nitrogens with zero attached hydrogens (tertiary/aromatic N) is 3. The van der Waals surface area contributed by atoms with Gasteiger partial charge in [0.2, 0.25) is 0 Å². The van der Waals surface area contributed by atoms with Crippen molar-refractivity contribution >= 4 is 22.8 Å². The summed E-state index contributed by atoms with van der Waals surface area (Å²) in [5, 5.41) is 0. The normalized spacial score (nSPS) is 10.8. The third-order valence-corrected chi connectivity index (χ3v) is 2.99. The molecule has 1 aromatic carbocycles. The predicted molar refractivity (Wildman–Crippen MR) is 85.8 cm³/mol. The summed E-state index contributed by atoms with van der Waals surface area (Å²) < 4.78 is 2.02. The van der Waals surface area contributed by atoms with Gasteiger partial charge in [0.05, 0.1) is 11.0 Å². The van der Waals surface area contributed by atoms with Crippen LogP contribution in [0.15, 0.2) is 49.3 Å². The smallest absolute Gasteiger partial charge is 0.148 e. The topological polar surface area (TPSA) is 30.2 Å². The lowest BCUT2D eigenvalue weighted by Gasteiger charge is -2.02. The molecule has 3 heteroatoms. The monoisotopic (exact) mass is 265 g/mol. The highest BCUT2D eigenvalue weighted by molar-refractivity contribution is 5.83. The minimum atomic E-state index is 0.932. The largest absolute Gasteiger partial charge is 0.282 e. The Bertz CT molecular complexity index is 766. The molecule has 20 heavy (non-hydrogen) atoms. The van der Waals surface area contributed by atoms with Gasteiger partial charge in [-0.2, -0.15) is 0 Å². The third-order valence-electron chi connectivity index (χ3n) is 2.99. The summed E-state index contributed by atoms with van der Waals surface area (Å²) in [7, 11) is 0. The molecule has 0 amide bonds. The molecule has 0 radical (unpaired) electrons. The van der Waals surface area contributed by atoms with Crippen LogP contribution in [0.3, 0.4) is 0 Å². The van der Waals surface area contributed by atoms with Crippen LogP contribution in [0, 0.1) is 6.92 Å². The second kappa shape index (κ2) is 6.15. The van der Waals surface area contributed by atoms with Gasteiger partial charge >= 0.3 is 0 Å². The number of fused-ring (bicyclic) bond motifs is 3. The standard InChI is InChI=1S/C15H13N3.C2H6/c1-3-4-7-12-11(2)16-10-18-14-9-6-5-8-13(14)17-15(12)18;1-2/h3-10H,1H2,2H3;1-2H3/b7-4-;. The lowest BCUT2D eigenvalue weighted by Crippen LogP contribution is -1.94. The van der Waals surface area contributed by atoms with E-state index in [1.807, 2.05) is 67.9 Å². The van der Waals surface area contributed by atoms with Gasteiger partial charge in [0, 0.05) is 11.3 Å². The van der Waals surface area contributed by atoms with E-state index in [0.29, 0.717) is 0 Å². The zero-order valence-corrected chi connectivity index (χ0v) is 12.2. The highest BCUT2D eigenvalue weighted by atomic mass is 15.0. The van der Waals surface area contributed by atoms with Crippen molar-refractivity contribution in [2.75, 3.05) is 0 Å². The van der Waals surface area contributed by atoms with E-state index in [4.69, 9.17) is 0 Å². The number of rotatable bonds is 2. The summed E-state index contributed by atoms with van der Waals surface area (Å²) in [5.41, 5.74) is 5.00. The van der Waals surface area contributed by atoms with Crippen LogP contribution in [0.5, 0.6) is 0 Å². The number of benzene rings is 1. The quantitative estimate of drug-likeness (QED) is 0.642. The fourth-order valence-corrected chi connectivity index (χ4v) is 2.09. The van der Waals surface area contributed by atoms with Crippen molar-refractivity contribution in [2.24, 2.45) is 0 Å². The molecule has 0 saturated carbocycles. The Morgan fingerprint density at radius 3 is 2.70 bits per heavy atom. The average molecular weight is 265 g/mol. The van der Waals surface area contributed by atoms with Gasteiger partial charge in [-0.3, -0.25) is 4.40 Å². The van der Waals surface area contributed by atoms with Crippen molar-refractivity contribution in [1.82, 2.24) is 14.4 Å². The molecule has 3 aromatic rings. The summed E-state index contributed by atoms with van der Waals surface area (Å²) in [5.74, 6) is 0. The first-order chi connectivity index (χ1) is 9.81. The Morgan fingerprint density at radius 2 is 1.95 bits per heavy atom. The minimum Gasteiger partial charge on any atom is -0.282 e. The predicted octanol–water partition coefficient (Wildman–Crippen LogP) is 4.42. The van der Waals surface area contributed by atoms with E-state index in [2.05, 4.69) is 16.5 Å². The molecule has 0 spiro atoms. The minimum absolute atomic E-state index is 0.932. The molecule has 2 heterocycles. The van der Waals surface area contributed by atoms with E-state index < -0.39 is 0 Å². The average Bonchev–Trinajstić information content (AvgIpc) is 2.87. The van der Waals surface area contributed by atoms with Crippen LogP contribution in [0.25, 0.3) is 22.8 Å². The molecule has 0 fully saturated rings. The molecule has 0 aliphatic rings. The van der Waals surface area contributed by atoms with Crippen molar-refractivity contribution in [2.45, 2.75) is 20.8 Å². The summed E-state index contributed by atoms with van der Waals surface area (Å²) in [6.07, 6.45) is 7.48. The Morgan fingerprint density at radius 1 is 1.20 bits per heavy atom. The highest BCUT2D eigenvalue weighted by Gasteiger charge is 2.09. The first-order valence-electron chi connectivity index (χ1n) is 6.83. The van der Waals surface area contributed by atoms with Crippen molar-refractivity contribution in [3.63, 3.8) is 0 Å². The van der Waals surface area contributed by atoms with Crippen LogP contribution in [0.2, 0.25) is 0 Å². The van der Waals surface area contributed by atoms with E-state index in [0.717, 1.165) is 27.9 Å². The molecule has 0 saturated heterocycles. The maximum Gasteiger partial charge on any atom is 0.148 e. The first kappa shape index (κ1) is 14.0. The molecule has 0 aliphatic carbocycles. The molecule has 0 aliphatic heterocycles. The number of aromatic nitrogens is 3. The zero-order chi connectivity index (χ0) is 14.5. The van der Waals surface area contributed by atoms with Crippen LogP contribution in [0.1, 0.15) is 25.1 Å². The first-order valence-corrected chi connectivity index (χ1v) is 6.83. The Kier molecular flexibility index (Phi) is 4.31. The number of aryl methyl sites for hydroxylation is 1. The van der Waals surface area contributed by atoms with Crippen molar-refractivity contribution in [3.05, 3.63) is 60.6 Å². The molecule has 0 bridgehead atoms. The van der Waals surface area contributed by atoms with Crippen molar-refractivity contribution in [1.29, 1.82) is 0 Å². The molecule has 3 rings (SSSR count). The molecular weight excluding hydrogens is 246 g/mol. The van der Waals surface area contributed by atoms with Gasteiger partial charge in [0.15, 0.2) is 0 Å². The van der Waals surface area contributed by atoms with Crippen molar-refractivity contribution < 1.29 is 0 Å². The van der Waals surface area contributed by atoms with Gasteiger partial charge in [0.1, 0.15) is 12.0 Å². The second-order valence-electron chi connectivity index (χ2n) is 4.13. The molecule has 3 nitrogen and oxygen atoms in total. The third kappa shape index (κ3) is 2.35. The van der Waals surface area contributed by atoms with Gasteiger partial charge in [-0.15, -0.1) is 0 Å². The van der Waals surface area contributed by atoms with Gasteiger partial charge in [-0.05, 0) is 25.1 Å². The van der Waals surface area contributed by atoms with Gasteiger partial charge in [0.25, 0.3) is 0 Å². The van der Waals surface area contributed by atoms with Crippen molar-refractivity contribution in [3.8, 4) is 0 Å². The van der Waals surface area contributed by atoms with Crippen LogP contribution < -0.4 is 0 Å². The fourth-order valence-electron chi connectivity index (χ4n) is 2.09. The molecular formula is C17H19N3. The zero-order valence-electron chi connectivity index (χ0n) is 12.2. The fraction of sp³-hybridized carbons (Fsp3) is 0.176. The summed E-state index contributed by atoms with van der Waals surface area (Å²) in [4.78, 5) is 9.09. The Hall–Kier alpha value is -2.42. The van der Waals surface area contributed by atoms with E-state index in [9.17, 15) is 0 Å². The maximum atomic E-state index is 4.67. The van der Waals surface area contributed by atoms with E-state index in [1.54, 1.807) is 6.08 Å². The molecule has 2 aromatic heterocycles. The van der Waals surface area contributed by atoms with Gasteiger partial charge < -0.3 is 0 Å². The lowest BCUT2D eigenvalue weighted by atomic mass is 10.2. The maximum absolute atomic E-state index is 4.67.